The topological polar surface area (TPSA) is 42.7 Å². The van der Waals surface area contributed by atoms with Gasteiger partial charge in [0.2, 0.25) is 0 Å². The second-order valence-electron chi connectivity index (χ2n) is 5.65. The molecule has 3 heterocycles. The van der Waals surface area contributed by atoms with E-state index in [0.29, 0.717) is 5.92 Å². The molecular weight excluding hydrogens is 292 g/mol. The van der Waals surface area contributed by atoms with Crippen molar-refractivity contribution in [1.82, 2.24) is 14.8 Å². The highest BCUT2D eigenvalue weighted by Crippen LogP contribution is 2.35. The summed E-state index contributed by atoms with van der Waals surface area (Å²) in [6.07, 6.45) is 3.15. The largest absolute Gasteiger partial charge is 0.385 e. The van der Waals surface area contributed by atoms with E-state index in [1.807, 2.05) is 11.6 Å². The maximum atomic E-state index is 4.79. The van der Waals surface area contributed by atoms with E-state index in [-0.39, 0.29) is 0 Å². The molecular formula is C17H18N4S. The summed E-state index contributed by atoms with van der Waals surface area (Å²) in [6.45, 7) is 3.78. The number of benzene rings is 1. The summed E-state index contributed by atoms with van der Waals surface area (Å²) in [4.78, 5) is 4.51. The van der Waals surface area contributed by atoms with Crippen molar-refractivity contribution in [3.63, 3.8) is 0 Å². The van der Waals surface area contributed by atoms with Crippen molar-refractivity contribution >= 4 is 17.0 Å². The SMILES string of the molecule is Cc1nc(Cn2ccc(C3CCNc4ccccc43)n2)cs1. The van der Waals surface area contributed by atoms with Gasteiger partial charge in [0.1, 0.15) is 0 Å². The number of nitrogens with zero attached hydrogens (tertiary/aromatic N) is 3. The fraction of sp³-hybridized carbons (Fsp3) is 0.294. The fourth-order valence-corrected chi connectivity index (χ4v) is 3.68. The number of nitrogens with one attached hydrogen (secondary N) is 1. The Labute approximate surface area is 133 Å². The van der Waals surface area contributed by atoms with Crippen LogP contribution in [0.2, 0.25) is 0 Å². The molecule has 1 unspecified atom stereocenters. The number of fused-ring (bicyclic) bond motifs is 1. The minimum atomic E-state index is 0.385. The van der Waals surface area contributed by atoms with Crippen molar-refractivity contribution in [1.29, 1.82) is 0 Å². The van der Waals surface area contributed by atoms with E-state index in [9.17, 15) is 0 Å². The normalized spacial score (nSPS) is 17.0. The molecule has 0 aliphatic carbocycles. The van der Waals surface area contributed by atoms with Gasteiger partial charge in [0.05, 0.1) is 22.9 Å². The van der Waals surface area contributed by atoms with E-state index in [1.165, 1.54) is 11.3 Å². The Morgan fingerprint density at radius 2 is 2.23 bits per heavy atom. The van der Waals surface area contributed by atoms with Crippen molar-refractivity contribution in [2.24, 2.45) is 0 Å². The Hall–Kier alpha value is -2.14. The Bertz CT molecular complexity index is 789. The summed E-state index contributed by atoms with van der Waals surface area (Å²) >= 11 is 1.69. The molecule has 1 N–H and O–H groups in total. The minimum Gasteiger partial charge on any atom is -0.385 e. The molecule has 0 fully saturated rings. The highest BCUT2D eigenvalue weighted by Gasteiger charge is 2.23. The molecule has 1 aliphatic heterocycles. The summed E-state index contributed by atoms with van der Waals surface area (Å²) in [6, 6.07) is 10.7. The number of anilines is 1. The summed E-state index contributed by atoms with van der Waals surface area (Å²) in [5.41, 5.74) is 4.83. The third-order valence-electron chi connectivity index (χ3n) is 4.09. The van der Waals surface area contributed by atoms with Crippen molar-refractivity contribution in [3.05, 3.63) is 63.9 Å². The van der Waals surface area contributed by atoms with E-state index in [4.69, 9.17) is 5.10 Å². The highest BCUT2D eigenvalue weighted by atomic mass is 32.1. The quantitative estimate of drug-likeness (QED) is 0.803. The second kappa shape index (κ2) is 5.57. The molecule has 0 bridgehead atoms. The molecule has 3 aromatic rings. The first-order valence-corrected chi connectivity index (χ1v) is 8.45. The van der Waals surface area contributed by atoms with Crippen LogP contribution in [0.25, 0.3) is 0 Å². The smallest absolute Gasteiger partial charge is 0.0898 e. The van der Waals surface area contributed by atoms with Crippen LogP contribution < -0.4 is 5.32 Å². The molecule has 0 radical (unpaired) electrons. The molecule has 4 nitrogen and oxygen atoms in total. The Balaban J connectivity index is 1.59. The molecule has 112 valence electrons. The van der Waals surface area contributed by atoms with Crippen LogP contribution in [0.15, 0.2) is 41.9 Å². The summed E-state index contributed by atoms with van der Waals surface area (Å²) in [5, 5.41) is 11.5. The van der Waals surface area contributed by atoms with Crippen LogP contribution in [0, 0.1) is 6.92 Å². The first-order chi connectivity index (χ1) is 10.8. The van der Waals surface area contributed by atoms with Crippen LogP contribution in [0.3, 0.4) is 0 Å². The van der Waals surface area contributed by atoms with Gasteiger partial charge in [-0.15, -0.1) is 11.3 Å². The number of hydrogen-bond donors (Lipinski definition) is 1. The molecule has 0 spiro atoms. The predicted octanol–water partition coefficient (Wildman–Crippen LogP) is 3.64. The monoisotopic (exact) mass is 310 g/mol. The number of rotatable bonds is 3. The Morgan fingerprint density at radius 3 is 3.09 bits per heavy atom. The first-order valence-electron chi connectivity index (χ1n) is 7.57. The van der Waals surface area contributed by atoms with Crippen LogP contribution >= 0.6 is 11.3 Å². The lowest BCUT2D eigenvalue weighted by Crippen LogP contribution is -2.18. The van der Waals surface area contributed by atoms with Crippen LogP contribution in [0.1, 0.15) is 34.3 Å². The van der Waals surface area contributed by atoms with Gasteiger partial charge in [0.15, 0.2) is 0 Å². The summed E-state index contributed by atoms with van der Waals surface area (Å²) < 4.78 is 1.99. The zero-order chi connectivity index (χ0) is 14.9. The molecule has 4 rings (SSSR count). The Morgan fingerprint density at radius 1 is 1.32 bits per heavy atom. The van der Waals surface area contributed by atoms with Gasteiger partial charge in [-0.05, 0) is 31.0 Å². The predicted molar refractivity (Wildman–Crippen MR) is 89.6 cm³/mol. The van der Waals surface area contributed by atoms with Gasteiger partial charge in [-0.25, -0.2) is 4.98 Å². The number of hydrogen-bond acceptors (Lipinski definition) is 4. The van der Waals surface area contributed by atoms with E-state index < -0.39 is 0 Å². The third kappa shape index (κ3) is 2.52. The van der Waals surface area contributed by atoms with Crippen LogP contribution in [0.4, 0.5) is 5.69 Å². The minimum absolute atomic E-state index is 0.385. The average molecular weight is 310 g/mol. The Kier molecular flexibility index (Phi) is 3.42. The van der Waals surface area contributed by atoms with E-state index in [1.54, 1.807) is 11.3 Å². The van der Waals surface area contributed by atoms with Gasteiger partial charge in [0.25, 0.3) is 0 Å². The van der Waals surface area contributed by atoms with Gasteiger partial charge >= 0.3 is 0 Å². The number of aromatic nitrogens is 3. The van der Waals surface area contributed by atoms with Crippen molar-refractivity contribution < 1.29 is 0 Å². The number of para-hydroxylation sites is 1. The lowest BCUT2D eigenvalue weighted by molar-refractivity contribution is 0.629. The molecule has 1 atom stereocenters. The molecule has 2 aromatic heterocycles. The molecule has 5 heteroatoms. The maximum absolute atomic E-state index is 4.79. The standard InChI is InChI=1S/C17H18N4S/c1-12-19-13(11-22-12)10-21-9-7-17(20-21)15-6-8-18-16-5-3-2-4-14(15)16/h2-5,7,9,11,15,18H,6,8,10H2,1H3. The van der Waals surface area contributed by atoms with E-state index >= 15 is 0 Å². The van der Waals surface area contributed by atoms with Gasteiger partial charge in [-0.2, -0.15) is 5.10 Å². The zero-order valence-electron chi connectivity index (χ0n) is 12.5. The van der Waals surface area contributed by atoms with Gasteiger partial charge < -0.3 is 5.32 Å². The first kappa shape index (κ1) is 13.5. The average Bonchev–Trinajstić information content (AvgIpc) is 3.16. The summed E-state index contributed by atoms with van der Waals surface area (Å²) in [5.74, 6) is 0.385. The van der Waals surface area contributed by atoms with Crippen molar-refractivity contribution in [2.75, 3.05) is 11.9 Å². The molecule has 0 saturated carbocycles. The van der Waals surface area contributed by atoms with Gasteiger partial charge in [-0.3, -0.25) is 4.68 Å². The van der Waals surface area contributed by atoms with Crippen LogP contribution in [-0.4, -0.2) is 21.3 Å². The van der Waals surface area contributed by atoms with E-state index in [0.717, 1.165) is 35.9 Å². The number of thiazole rings is 1. The van der Waals surface area contributed by atoms with Crippen LogP contribution in [-0.2, 0) is 6.54 Å². The van der Waals surface area contributed by atoms with Gasteiger partial charge in [0, 0.05) is 29.7 Å². The fourth-order valence-electron chi connectivity index (χ4n) is 3.07. The zero-order valence-corrected chi connectivity index (χ0v) is 13.3. The lowest BCUT2D eigenvalue weighted by Gasteiger charge is -2.25. The molecule has 1 aliphatic rings. The van der Waals surface area contributed by atoms with E-state index in [2.05, 4.69) is 52.2 Å². The van der Waals surface area contributed by atoms with Crippen LogP contribution in [0.5, 0.6) is 0 Å². The van der Waals surface area contributed by atoms with Gasteiger partial charge in [-0.1, -0.05) is 18.2 Å². The molecule has 0 amide bonds. The van der Waals surface area contributed by atoms with Crippen molar-refractivity contribution in [2.45, 2.75) is 25.8 Å². The van der Waals surface area contributed by atoms with Crippen molar-refractivity contribution in [3.8, 4) is 0 Å². The second-order valence-corrected chi connectivity index (χ2v) is 6.71. The third-order valence-corrected chi connectivity index (χ3v) is 4.92. The highest BCUT2D eigenvalue weighted by molar-refractivity contribution is 7.09. The number of aryl methyl sites for hydroxylation is 1. The molecule has 0 saturated heterocycles. The molecule has 22 heavy (non-hydrogen) atoms. The molecule has 1 aromatic carbocycles. The maximum Gasteiger partial charge on any atom is 0.0898 e. The summed E-state index contributed by atoms with van der Waals surface area (Å²) in [7, 11) is 0. The lowest BCUT2D eigenvalue weighted by atomic mass is 9.88.